The predicted octanol–water partition coefficient (Wildman–Crippen LogP) is 3.82. The second-order valence-electron chi connectivity index (χ2n) is 5.51. The average Bonchev–Trinajstić information content (AvgIpc) is 3.14. The lowest BCUT2D eigenvalue weighted by Gasteiger charge is -2.22. The van der Waals surface area contributed by atoms with Crippen LogP contribution in [0.2, 0.25) is 0 Å². The van der Waals surface area contributed by atoms with Crippen molar-refractivity contribution < 1.29 is 9.21 Å². The van der Waals surface area contributed by atoms with E-state index in [9.17, 15) is 4.79 Å². The van der Waals surface area contributed by atoms with Gasteiger partial charge in [-0.3, -0.25) is 4.79 Å². The fourth-order valence-corrected chi connectivity index (χ4v) is 4.39. The lowest BCUT2D eigenvalue weighted by atomic mass is 10.0. The molecule has 1 saturated heterocycles. The topological polar surface area (TPSA) is 33.5 Å². The van der Waals surface area contributed by atoms with Crippen molar-refractivity contribution in [2.45, 2.75) is 43.9 Å². The van der Waals surface area contributed by atoms with Gasteiger partial charge in [0.2, 0.25) is 5.91 Å². The summed E-state index contributed by atoms with van der Waals surface area (Å²) in [6, 6.07) is 3.87. The minimum Gasteiger partial charge on any atom is -0.466 e. The van der Waals surface area contributed by atoms with Crippen LogP contribution < -0.4 is 0 Å². The SMILES string of the molecule is O=C(CCC1CCCC1)N1CCSC1c1ccco1. The maximum atomic E-state index is 12.4. The highest BCUT2D eigenvalue weighted by Gasteiger charge is 2.32. The third-order valence-electron chi connectivity index (χ3n) is 4.24. The molecule has 2 heterocycles. The van der Waals surface area contributed by atoms with Gasteiger partial charge >= 0.3 is 0 Å². The molecule has 104 valence electrons. The molecule has 1 aromatic heterocycles. The Morgan fingerprint density at radius 1 is 1.42 bits per heavy atom. The first-order valence-corrected chi connectivity index (χ1v) is 8.34. The molecule has 0 N–H and O–H groups in total. The van der Waals surface area contributed by atoms with Gasteiger partial charge in [0, 0.05) is 18.7 Å². The van der Waals surface area contributed by atoms with Crippen molar-refractivity contribution >= 4 is 17.7 Å². The fourth-order valence-electron chi connectivity index (χ4n) is 3.16. The van der Waals surface area contributed by atoms with E-state index in [1.54, 1.807) is 18.0 Å². The Balaban J connectivity index is 1.56. The van der Waals surface area contributed by atoms with E-state index in [-0.39, 0.29) is 5.37 Å². The van der Waals surface area contributed by atoms with Crippen molar-refractivity contribution in [3.8, 4) is 0 Å². The predicted molar refractivity (Wildman–Crippen MR) is 76.8 cm³/mol. The third kappa shape index (κ3) is 2.99. The molecule has 4 heteroatoms. The molecule has 0 spiro atoms. The molecule has 0 radical (unpaired) electrons. The molecule has 2 fully saturated rings. The zero-order valence-corrected chi connectivity index (χ0v) is 12.0. The molecule has 1 aromatic rings. The summed E-state index contributed by atoms with van der Waals surface area (Å²) >= 11 is 1.81. The van der Waals surface area contributed by atoms with Gasteiger partial charge in [-0.05, 0) is 24.5 Å². The zero-order chi connectivity index (χ0) is 13.1. The van der Waals surface area contributed by atoms with Crippen molar-refractivity contribution in [1.29, 1.82) is 0 Å². The quantitative estimate of drug-likeness (QED) is 0.840. The van der Waals surface area contributed by atoms with Gasteiger partial charge in [-0.2, -0.15) is 0 Å². The number of nitrogens with zero attached hydrogens (tertiary/aromatic N) is 1. The first kappa shape index (κ1) is 13.1. The van der Waals surface area contributed by atoms with Gasteiger partial charge in [-0.1, -0.05) is 25.7 Å². The maximum absolute atomic E-state index is 12.4. The molecule has 1 atom stereocenters. The molecular weight excluding hydrogens is 258 g/mol. The molecule has 19 heavy (non-hydrogen) atoms. The van der Waals surface area contributed by atoms with E-state index >= 15 is 0 Å². The van der Waals surface area contributed by atoms with Crippen LogP contribution in [0, 0.1) is 5.92 Å². The van der Waals surface area contributed by atoms with Gasteiger partial charge in [0.25, 0.3) is 0 Å². The summed E-state index contributed by atoms with van der Waals surface area (Å²) < 4.78 is 5.46. The second kappa shape index (κ2) is 6.04. The summed E-state index contributed by atoms with van der Waals surface area (Å²) in [6.45, 7) is 0.861. The number of rotatable bonds is 4. The molecule has 0 bridgehead atoms. The number of hydrogen-bond acceptors (Lipinski definition) is 3. The molecule has 3 nitrogen and oxygen atoms in total. The average molecular weight is 279 g/mol. The van der Waals surface area contributed by atoms with Crippen LogP contribution in [-0.2, 0) is 4.79 Å². The number of amides is 1. The molecule has 0 aromatic carbocycles. The van der Waals surface area contributed by atoms with Crippen LogP contribution >= 0.6 is 11.8 Å². The zero-order valence-electron chi connectivity index (χ0n) is 11.2. The number of carbonyl (C=O) groups excluding carboxylic acids is 1. The van der Waals surface area contributed by atoms with E-state index in [4.69, 9.17) is 4.42 Å². The third-order valence-corrected chi connectivity index (χ3v) is 5.46. The van der Waals surface area contributed by atoms with Crippen LogP contribution in [-0.4, -0.2) is 23.1 Å². The van der Waals surface area contributed by atoms with Gasteiger partial charge in [0.15, 0.2) is 0 Å². The fraction of sp³-hybridized carbons (Fsp3) is 0.667. The molecule has 1 saturated carbocycles. The van der Waals surface area contributed by atoms with Crippen LogP contribution in [0.4, 0.5) is 0 Å². The standard InChI is InChI=1S/C15H21NO2S/c17-14(8-7-12-4-1-2-5-12)16-9-11-19-15(16)13-6-3-10-18-13/h3,6,10,12,15H,1-2,4-5,7-9,11H2. The van der Waals surface area contributed by atoms with Crippen LogP contribution in [0.3, 0.4) is 0 Å². The van der Waals surface area contributed by atoms with Gasteiger partial charge < -0.3 is 9.32 Å². The number of carbonyl (C=O) groups is 1. The van der Waals surface area contributed by atoms with Gasteiger partial charge in [0.1, 0.15) is 11.1 Å². The van der Waals surface area contributed by atoms with Gasteiger partial charge in [0.05, 0.1) is 6.26 Å². The first-order chi connectivity index (χ1) is 9.34. The van der Waals surface area contributed by atoms with Crippen molar-refractivity contribution in [3.63, 3.8) is 0 Å². The van der Waals surface area contributed by atoms with E-state index in [1.165, 1.54) is 25.7 Å². The van der Waals surface area contributed by atoms with Crippen LogP contribution in [0.25, 0.3) is 0 Å². The lowest BCUT2D eigenvalue weighted by molar-refractivity contribution is -0.131. The van der Waals surface area contributed by atoms with Crippen molar-refractivity contribution in [2.24, 2.45) is 5.92 Å². The Hall–Kier alpha value is -0.900. The minimum absolute atomic E-state index is 0.103. The molecule has 1 aliphatic heterocycles. The van der Waals surface area contributed by atoms with E-state index in [0.717, 1.165) is 30.4 Å². The minimum atomic E-state index is 0.103. The Kier molecular flexibility index (Phi) is 4.16. The summed E-state index contributed by atoms with van der Waals surface area (Å²) in [7, 11) is 0. The van der Waals surface area contributed by atoms with Crippen LogP contribution in [0.5, 0.6) is 0 Å². The highest BCUT2D eigenvalue weighted by molar-refractivity contribution is 7.99. The van der Waals surface area contributed by atoms with E-state index in [0.29, 0.717) is 12.3 Å². The smallest absolute Gasteiger partial charge is 0.223 e. The number of furan rings is 1. The largest absolute Gasteiger partial charge is 0.466 e. The first-order valence-electron chi connectivity index (χ1n) is 7.29. The van der Waals surface area contributed by atoms with E-state index in [2.05, 4.69) is 0 Å². The molecule has 1 aliphatic carbocycles. The lowest BCUT2D eigenvalue weighted by Crippen LogP contribution is -2.30. The second-order valence-corrected chi connectivity index (χ2v) is 6.70. The Bertz CT molecular complexity index is 412. The Morgan fingerprint density at radius 3 is 3.00 bits per heavy atom. The summed E-state index contributed by atoms with van der Waals surface area (Å²) in [5.74, 6) is 3.02. The molecular formula is C15H21NO2S. The summed E-state index contributed by atoms with van der Waals surface area (Å²) in [5.41, 5.74) is 0. The van der Waals surface area contributed by atoms with Gasteiger partial charge in [-0.25, -0.2) is 0 Å². The monoisotopic (exact) mass is 279 g/mol. The Labute approximate surface area is 118 Å². The number of thioether (sulfide) groups is 1. The van der Waals surface area contributed by atoms with Gasteiger partial charge in [-0.15, -0.1) is 11.8 Å². The molecule has 2 aliphatic rings. The van der Waals surface area contributed by atoms with Crippen LogP contribution in [0.15, 0.2) is 22.8 Å². The van der Waals surface area contributed by atoms with Crippen molar-refractivity contribution in [2.75, 3.05) is 12.3 Å². The molecule has 1 unspecified atom stereocenters. The highest BCUT2D eigenvalue weighted by Crippen LogP contribution is 2.39. The van der Waals surface area contributed by atoms with Crippen molar-refractivity contribution in [3.05, 3.63) is 24.2 Å². The van der Waals surface area contributed by atoms with Crippen LogP contribution in [0.1, 0.15) is 49.7 Å². The summed E-state index contributed by atoms with van der Waals surface area (Å²) in [5, 5.41) is 0.103. The number of hydrogen-bond donors (Lipinski definition) is 0. The maximum Gasteiger partial charge on any atom is 0.223 e. The Morgan fingerprint density at radius 2 is 2.26 bits per heavy atom. The molecule has 1 amide bonds. The van der Waals surface area contributed by atoms with E-state index < -0.39 is 0 Å². The molecule has 3 rings (SSSR count). The summed E-state index contributed by atoms with van der Waals surface area (Å²) in [6.07, 6.45) is 8.83. The van der Waals surface area contributed by atoms with E-state index in [1.807, 2.05) is 17.0 Å². The van der Waals surface area contributed by atoms with Crippen molar-refractivity contribution in [1.82, 2.24) is 4.90 Å². The normalized spacial score (nSPS) is 24.2. The summed E-state index contributed by atoms with van der Waals surface area (Å²) in [4.78, 5) is 14.4. The highest BCUT2D eigenvalue weighted by atomic mass is 32.2.